The first kappa shape index (κ1) is 17.9. The maximum atomic E-state index is 13.5. The molecule has 1 aliphatic carbocycles. The summed E-state index contributed by atoms with van der Waals surface area (Å²) in [5, 5.41) is 0. The number of hydrogen-bond acceptors (Lipinski definition) is 5. The molecule has 1 unspecified atom stereocenters. The van der Waals surface area contributed by atoms with Crippen LogP contribution in [0.2, 0.25) is 0 Å². The molecular weight excluding hydrogens is 389 g/mol. The van der Waals surface area contributed by atoms with Gasteiger partial charge in [-0.1, -0.05) is 6.07 Å². The largest absolute Gasteiger partial charge is 0.437 e. The molecule has 0 bridgehead atoms. The zero-order valence-electron chi connectivity index (χ0n) is 15.1. The van der Waals surface area contributed by atoms with Gasteiger partial charge in [0.15, 0.2) is 5.60 Å². The monoisotopic (exact) mass is 409 g/mol. The highest BCUT2D eigenvalue weighted by molar-refractivity contribution is 7.89. The van der Waals surface area contributed by atoms with E-state index < -0.39 is 33.6 Å². The number of sulfonamides is 1. The number of amides is 2. The summed E-state index contributed by atoms with van der Waals surface area (Å²) in [6.45, 7) is 0.976. The Hall–Kier alpha value is -2.20. The predicted molar refractivity (Wildman–Crippen MR) is 94.2 cm³/mol. The van der Waals surface area contributed by atoms with E-state index in [0.717, 1.165) is 18.9 Å². The number of piperazine rings is 1. The number of benzene rings is 1. The third kappa shape index (κ3) is 2.61. The first-order chi connectivity index (χ1) is 13.3. The van der Waals surface area contributed by atoms with E-state index in [1.54, 1.807) is 9.80 Å². The maximum Gasteiger partial charge on any atom is 0.411 e. The van der Waals surface area contributed by atoms with Gasteiger partial charge in [-0.15, -0.1) is 0 Å². The smallest absolute Gasteiger partial charge is 0.411 e. The molecule has 3 saturated heterocycles. The fourth-order valence-corrected chi connectivity index (χ4v) is 5.81. The van der Waals surface area contributed by atoms with Crippen molar-refractivity contribution in [2.45, 2.75) is 29.4 Å². The molecule has 0 N–H and O–H groups in total. The van der Waals surface area contributed by atoms with Gasteiger partial charge in [0.2, 0.25) is 15.9 Å². The molecule has 1 spiro atoms. The van der Waals surface area contributed by atoms with Crippen LogP contribution in [0.3, 0.4) is 0 Å². The average molecular weight is 409 g/mol. The standard InChI is InChI=1S/C18H20FN3O5S/c19-13-2-1-3-14(8-13)28(25,26)21-6-7-22-15(9-21)18(27-17(22)24)10-20(11-18)16(23)12-4-5-12/h1-3,8,12,15H,4-7,9-11H2. The normalized spacial score (nSPS) is 26.8. The van der Waals surface area contributed by atoms with Gasteiger partial charge >= 0.3 is 6.09 Å². The van der Waals surface area contributed by atoms with Crippen molar-refractivity contribution in [1.82, 2.24) is 14.1 Å². The molecule has 1 atom stereocenters. The van der Waals surface area contributed by atoms with Crippen molar-refractivity contribution in [2.24, 2.45) is 5.92 Å². The quantitative estimate of drug-likeness (QED) is 0.731. The number of fused-ring (bicyclic) bond motifs is 2. The minimum Gasteiger partial charge on any atom is -0.437 e. The van der Waals surface area contributed by atoms with Gasteiger partial charge in [-0.25, -0.2) is 17.6 Å². The van der Waals surface area contributed by atoms with Gasteiger partial charge in [-0.05, 0) is 31.0 Å². The topological polar surface area (TPSA) is 87.2 Å². The fraction of sp³-hybridized carbons (Fsp3) is 0.556. The van der Waals surface area contributed by atoms with Crippen LogP contribution in [-0.2, 0) is 19.6 Å². The number of carbonyl (C=O) groups excluding carboxylic acids is 2. The maximum absolute atomic E-state index is 13.5. The van der Waals surface area contributed by atoms with Gasteiger partial charge in [-0.2, -0.15) is 4.31 Å². The summed E-state index contributed by atoms with van der Waals surface area (Å²) in [7, 11) is -3.89. The van der Waals surface area contributed by atoms with Gasteiger partial charge in [0.25, 0.3) is 0 Å². The number of nitrogens with zero attached hydrogens (tertiary/aromatic N) is 3. The van der Waals surface area contributed by atoms with Crippen LogP contribution in [0.5, 0.6) is 0 Å². The number of carbonyl (C=O) groups is 2. The molecule has 4 fully saturated rings. The highest BCUT2D eigenvalue weighted by Gasteiger charge is 2.63. The summed E-state index contributed by atoms with van der Waals surface area (Å²) >= 11 is 0. The van der Waals surface area contributed by atoms with Gasteiger partial charge in [-0.3, -0.25) is 9.69 Å². The average Bonchev–Trinajstić information content (AvgIpc) is 3.44. The molecule has 10 heteroatoms. The van der Waals surface area contributed by atoms with Crippen molar-refractivity contribution >= 4 is 22.0 Å². The first-order valence-corrected chi connectivity index (χ1v) is 10.8. The number of hydrogen-bond donors (Lipinski definition) is 0. The molecule has 3 aliphatic heterocycles. The molecule has 150 valence electrons. The lowest BCUT2D eigenvalue weighted by Gasteiger charge is -2.51. The van der Waals surface area contributed by atoms with Gasteiger partial charge in [0.1, 0.15) is 5.82 Å². The fourth-order valence-electron chi connectivity index (χ4n) is 4.34. The molecule has 1 aromatic carbocycles. The zero-order chi connectivity index (χ0) is 19.7. The van der Waals surface area contributed by atoms with E-state index in [1.165, 1.54) is 22.5 Å². The molecule has 0 aromatic heterocycles. The molecule has 3 heterocycles. The molecule has 0 radical (unpaired) electrons. The van der Waals surface area contributed by atoms with Crippen LogP contribution in [0.25, 0.3) is 0 Å². The van der Waals surface area contributed by atoms with Crippen LogP contribution < -0.4 is 0 Å². The third-order valence-electron chi connectivity index (χ3n) is 6.06. The highest BCUT2D eigenvalue weighted by Crippen LogP contribution is 2.42. The van der Waals surface area contributed by atoms with E-state index in [1.807, 2.05) is 0 Å². The summed E-state index contributed by atoms with van der Waals surface area (Å²) in [6.07, 6.45) is 1.33. The van der Waals surface area contributed by atoms with Crippen molar-refractivity contribution in [3.8, 4) is 0 Å². The second-order valence-electron chi connectivity index (χ2n) is 7.93. The van der Waals surface area contributed by atoms with E-state index in [2.05, 4.69) is 0 Å². The van der Waals surface area contributed by atoms with Crippen molar-refractivity contribution < 1.29 is 27.1 Å². The van der Waals surface area contributed by atoms with Crippen molar-refractivity contribution in [1.29, 1.82) is 0 Å². The van der Waals surface area contributed by atoms with Crippen molar-refractivity contribution in [3.05, 3.63) is 30.1 Å². The van der Waals surface area contributed by atoms with Crippen LogP contribution in [0.15, 0.2) is 29.2 Å². The Morgan fingerprint density at radius 2 is 1.96 bits per heavy atom. The SMILES string of the molecule is O=C(C1CC1)N1CC2(C1)OC(=O)N1CCN(S(=O)(=O)c3cccc(F)c3)CC12. The first-order valence-electron chi connectivity index (χ1n) is 9.34. The predicted octanol–water partition coefficient (Wildman–Crippen LogP) is 0.642. The van der Waals surface area contributed by atoms with Crippen LogP contribution in [0.4, 0.5) is 9.18 Å². The Morgan fingerprint density at radius 1 is 1.21 bits per heavy atom. The van der Waals surface area contributed by atoms with Gasteiger partial charge in [0, 0.05) is 25.6 Å². The van der Waals surface area contributed by atoms with Crippen LogP contribution in [-0.4, -0.2) is 78.9 Å². The summed E-state index contributed by atoms with van der Waals surface area (Å²) in [5.74, 6) is -0.453. The second kappa shape index (κ2) is 5.90. The summed E-state index contributed by atoms with van der Waals surface area (Å²) in [6, 6.07) is 4.44. The molecule has 28 heavy (non-hydrogen) atoms. The van der Waals surface area contributed by atoms with E-state index in [-0.39, 0.29) is 36.4 Å². The van der Waals surface area contributed by atoms with Crippen molar-refractivity contribution in [3.63, 3.8) is 0 Å². The number of ether oxygens (including phenoxy) is 1. The van der Waals surface area contributed by atoms with E-state index in [4.69, 9.17) is 4.74 Å². The highest BCUT2D eigenvalue weighted by atomic mass is 32.2. The Labute approximate surface area is 161 Å². The van der Waals surface area contributed by atoms with Crippen molar-refractivity contribution in [2.75, 3.05) is 32.7 Å². The van der Waals surface area contributed by atoms with Crippen LogP contribution in [0.1, 0.15) is 12.8 Å². The summed E-state index contributed by atoms with van der Waals surface area (Å²) in [5.41, 5.74) is -0.863. The molecule has 2 amide bonds. The molecule has 4 aliphatic rings. The lowest BCUT2D eigenvalue weighted by Crippen LogP contribution is -2.72. The zero-order valence-corrected chi connectivity index (χ0v) is 15.9. The Balaban J connectivity index is 1.37. The second-order valence-corrected chi connectivity index (χ2v) is 9.87. The number of rotatable bonds is 3. The molecule has 8 nitrogen and oxygen atoms in total. The lowest BCUT2D eigenvalue weighted by atomic mass is 9.84. The molecular formula is C18H20FN3O5S. The van der Waals surface area contributed by atoms with E-state index >= 15 is 0 Å². The van der Waals surface area contributed by atoms with Gasteiger partial charge in [0.05, 0.1) is 24.0 Å². The van der Waals surface area contributed by atoms with Gasteiger partial charge < -0.3 is 9.64 Å². The number of likely N-dealkylation sites (tertiary alicyclic amines) is 1. The Bertz CT molecular complexity index is 958. The Kier molecular flexibility index (Phi) is 3.76. The summed E-state index contributed by atoms with van der Waals surface area (Å²) < 4.78 is 46.3. The van der Waals surface area contributed by atoms with E-state index in [0.29, 0.717) is 13.1 Å². The summed E-state index contributed by atoms with van der Waals surface area (Å²) in [4.78, 5) is 27.7. The minimum atomic E-state index is -3.89. The molecule has 1 aromatic rings. The molecule has 5 rings (SSSR count). The van der Waals surface area contributed by atoms with Crippen LogP contribution in [0, 0.1) is 11.7 Å². The van der Waals surface area contributed by atoms with Crippen LogP contribution >= 0.6 is 0 Å². The number of halogens is 1. The lowest BCUT2D eigenvalue weighted by molar-refractivity contribution is -0.156. The Morgan fingerprint density at radius 3 is 2.64 bits per heavy atom. The third-order valence-corrected chi connectivity index (χ3v) is 7.93. The minimum absolute atomic E-state index is 0.0655. The van der Waals surface area contributed by atoms with E-state index in [9.17, 15) is 22.4 Å². The molecule has 1 saturated carbocycles.